The van der Waals surface area contributed by atoms with Gasteiger partial charge in [-0.2, -0.15) is 0 Å². The quantitative estimate of drug-likeness (QED) is 0.855. The molecule has 0 spiro atoms. The first-order chi connectivity index (χ1) is 9.66. The Morgan fingerprint density at radius 2 is 2.15 bits per heavy atom. The molecule has 4 heteroatoms. The first-order valence-electron chi connectivity index (χ1n) is 7.26. The van der Waals surface area contributed by atoms with E-state index in [1.807, 2.05) is 32.3 Å². The van der Waals surface area contributed by atoms with Crippen LogP contribution in [0.2, 0.25) is 0 Å². The fourth-order valence-corrected chi connectivity index (χ4v) is 2.44. The van der Waals surface area contributed by atoms with Crippen LogP contribution in [0.1, 0.15) is 18.4 Å². The van der Waals surface area contributed by atoms with Gasteiger partial charge in [-0.25, -0.2) is 0 Å². The van der Waals surface area contributed by atoms with Gasteiger partial charge in [-0.05, 0) is 38.9 Å². The van der Waals surface area contributed by atoms with E-state index in [2.05, 4.69) is 22.3 Å². The summed E-state index contributed by atoms with van der Waals surface area (Å²) in [7, 11) is 4.09. The first kappa shape index (κ1) is 15.0. The summed E-state index contributed by atoms with van der Waals surface area (Å²) < 4.78 is 5.40. The van der Waals surface area contributed by atoms with Gasteiger partial charge in [0.2, 0.25) is 5.91 Å². The molecule has 1 aromatic carbocycles. The van der Waals surface area contributed by atoms with Gasteiger partial charge < -0.3 is 15.0 Å². The third-order valence-corrected chi connectivity index (χ3v) is 3.78. The van der Waals surface area contributed by atoms with Crippen LogP contribution in [-0.4, -0.2) is 50.2 Å². The molecule has 0 bridgehead atoms. The van der Waals surface area contributed by atoms with Gasteiger partial charge in [-0.1, -0.05) is 30.3 Å². The molecule has 0 aromatic heterocycles. The summed E-state index contributed by atoms with van der Waals surface area (Å²) in [5.74, 6) is 0.0300. The van der Waals surface area contributed by atoms with E-state index < -0.39 is 0 Å². The van der Waals surface area contributed by atoms with Crippen LogP contribution in [0.25, 0.3) is 0 Å². The Morgan fingerprint density at radius 1 is 1.40 bits per heavy atom. The Kier molecular flexibility index (Phi) is 5.56. The van der Waals surface area contributed by atoms with Gasteiger partial charge in [0.25, 0.3) is 0 Å². The zero-order valence-corrected chi connectivity index (χ0v) is 12.3. The van der Waals surface area contributed by atoms with Crippen molar-refractivity contribution < 1.29 is 9.53 Å². The van der Waals surface area contributed by atoms with Crippen molar-refractivity contribution >= 4 is 5.91 Å². The lowest BCUT2D eigenvalue weighted by atomic mass is 10.1. The van der Waals surface area contributed by atoms with E-state index in [1.165, 1.54) is 5.56 Å². The second-order valence-corrected chi connectivity index (χ2v) is 5.55. The molecular weight excluding hydrogens is 252 g/mol. The van der Waals surface area contributed by atoms with Crippen molar-refractivity contribution in [2.24, 2.45) is 0 Å². The lowest BCUT2D eigenvalue weighted by molar-refractivity contribution is -0.130. The molecule has 1 fully saturated rings. The zero-order valence-electron chi connectivity index (χ0n) is 12.3. The predicted molar refractivity (Wildman–Crippen MR) is 79.6 cm³/mol. The number of nitrogens with one attached hydrogen (secondary N) is 1. The molecule has 1 aliphatic rings. The number of ether oxygens (including phenoxy) is 1. The van der Waals surface area contributed by atoms with E-state index >= 15 is 0 Å². The van der Waals surface area contributed by atoms with Gasteiger partial charge in [0, 0.05) is 19.2 Å². The van der Waals surface area contributed by atoms with Crippen LogP contribution in [-0.2, 0) is 16.0 Å². The Balaban J connectivity index is 1.84. The van der Waals surface area contributed by atoms with Gasteiger partial charge in [-0.3, -0.25) is 4.79 Å². The van der Waals surface area contributed by atoms with E-state index in [0.717, 1.165) is 19.3 Å². The molecule has 2 atom stereocenters. The van der Waals surface area contributed by atoms with Crippen LogP contribution in [0.5, 0.6) is 0 Å². The Bertz CT molecular complexity index is 414. The molecule has 1 N–H and O–H groups in total. The highest BCUT2D eigenvalue weighted by atomic mass is 16.5. The van der Waals surface area contributed by atoms with Crippen LogP contribution < -0.4 is 5.32 Å². The van der Waals surface area contributed by atoms with Crippen molar-refractivity contribution in [3.8, 4) is 0 Å². The zero-order chi connectivity index (χ0) is 14.4. The second kappa shape index (κ2) is 7.41. The third-order valence-electron chi connectivity index (χ3n) is 3.78. The SMILES string of the molecule is CN(C)[C@H](CNC(=O)[C@@H]1CCCO1)Cc1ccccc1. The molecule has 0 saturated carbocycles. The number of hydrogen-bond acceptors (Lipinski definition) is 3. The summed E-state index contributed by atoms with van der Waals surface area (Å²) in [4.78, 5) is 14.1. The average Bonchev–Trinajstić information content (AvgIpc) is 2.98. The van der Waals surface area contributed by atoms with Crippen LogP contribution in [0.15, 0.2) is 30.3 Å². The van der Waals surface area contributed by atoms with Crippen LogP contribution in [0.3, 0.4) is 0 Å². The number of nitrogens with zero attached hydrogens (tertiary/aromatic N) is 1. The molecule has 1 aromatic rings. The van der Waals surface area contributed by atoms with Crippen LogP contribution in [0.4, 0.5) is 0 Å². The van der Waals surface area contributed by atoms with Gasteiger partial charge in [0.15, 0.2) is 0 Å². The summed E-state index contributed by atoms with van der Waals surface area (Å²) in [5, 5.41) is 3.02. The number of likely N-dealkylation sites (N-methyl/N-ethyl adjacent to an activating group) is 1. The predicted octanol–water partition coefficient (Wildman–Crippen LogP) is 1.45. The van der Waals surface area contributed by atoms with Gasteiger partial charge in [0.05, 0.1) is 0 Å². The van der Waals surface area contributed by atoms with E-state index in [1.54, 1.807) is 0 Å². The molecule has 110 valence electrons. The standard InChI is InChI=1S/C16H24N2O2/c1-18(2)14(11-13-7-4-3-5-8-13)12-17-16(19)15-9-6-10-20-15/h3-5,7-8,14-15H,6,9-12H2,1-2H3,(H,17,19)/t14-,15-/m0/s1. The normalized spacial score (nSPS) is 20.1. The van der Waals surface area contributed by atoms with Crippen molar-refractivity contribution in [1.82, 2.24) is 10.2 Å². The van der Waals surface area contributed by atoms with E-state index in [4.69, 9.17) is 4.74 Å². The highest BCUT2D eigenvalue weighted by Crippen LogP contribution is 2.12. The van der Waals surface area contributed by atoms with Gasteiger partial charge in [0.1, 0.15) is 6.10 Å². The maximum atomic E-state index is 12.0. The molecule has 1 heterocycles. The highest BCUT2D eigenvalue weighted by molar-refractivity contribution is 5.80. The number of benzene rings is 1. The fourth-order valence-electron chi connectivity index (χ4n) is 2.44. The lowest BCUT2D eigenvalue weighted by Gasteiger charge is -2.25. The molecule has 1 aliphatic heterocycles. The largest absolute Gasteiger partial charge is 0.368 e. The molecule has 1 saturated heterocycles. The fraction of sp³-hybridized carbons (Fsp3) is 0.562. The maximum absolute atomic E-state index is 12.0. The number of carbonyl (C=O) groups is 1. The van der Waals surface area contributed by atoms with Gasteiger partial charge >= 0.3 is 0 Å². The van der Waals surface area contributed by atoms with Crippen molar-refractivity contribution in [3.05, 3.63) is 35.9 Å². The minimum Gasteiger partial charge on any atom is -0.368 e. The summed E-state index contributed by atoms with van der Waals surface area (Å²) in [6, 6.07) is 10.7. The summed E-state index contributed by atoms with van der Waals surface area (Å²) in [5.41, 5.74) is 1.29. The smallest absolute Gasteiger partial charge is 0.249 e. The van der Waals surface area contributed by atoms with Crippen molar-refractivity contribution in [1.29, 1.82) is 0 Å². The minimum absolute atomic E-state index is 0.0300. The Labute approximate surface area is 121 Å². The summed E-state index contributed by atoms with van der Waals surface area (Å²) >= 11 is 0. The van der Waals surface area contributed by atoms with Crippen LogP contribution >= 0.6 is 0 Å². The average molecular weight is 276 g/mol. The van der Waals surface area contributed by atoms with E-state index in [9.17, 15) is 4.79 Å². The number of carbonyl (C=O) groups excluding carboxylic acids is 1. The lowest BCUT2D eigenvalue weighted by Crippen LogP contribution is -2.44. The van der Waals surface area contributed by atoms with E-state index in [-0.39, 0.29) is 12.0 Å². The van der Waals surface area contributed by atoms with Crippen molar-refractivity contribution in [3.63, 3.8) is 0 Å². The highest BCUT2D eigenvalue weighted by Gasteiger charge is 2.24. The molecular formula is C16H24N2O2. The molecule has 1 amide bonds. The monoisotopic (exact) mass is 276 g/mol. The summed E-state index contributed by atoms with van der Waals surface area (Å²) in [6.07, 6.45) is 2.52. The van der Waals surface area contributed by atoms with E-state index in [0.29, 0.717) is 19.2 Å². The van der Waals surface area contributed by atoms with Crippen molar-refractivity contribution in [2.45, 2.75) is 31.4 Å². The number of rotatable bonds is 6. The molecule has 0 aliphatic carbocycles. The Hall–Kier alpha value is -1.39. The molecule has 4 nitrogen and oxygen atoms in total. The third kappa shape index (κ3) is 4.32. The number of amides is 1. The van der Waals surface area contributed by atoms with Crippen molar-refractivity contribution in [2.75, 3.05) is 27.2 Å². The summed E-state index contributed by atoms with van der Waals surface area (Å²) in [6.45, 7) is 1.36. The molecule has 2 rings (SSSR count). The number of hydrogen-bond donors (Lipinski definition) is 1. The molecule has 0 radical (unpaired) electrons. The second-order valence-electron chi connectivity index (χ2n) is 5.55. The van der Waals surface area contributed by atoms with Crippen LogP contribution in [0, 0.1) is 0 Å². The first-order valence-corrected chi connectivity index (χ1v) is 7.26. The molecule has 0 unspecified atom stereocenters. The Morgan fingerprint density at radius 3 is 2.75 bits per heavy atom. The minimum atomic E-state index is -0.241. The topological polar surface area (TPSA) is 41.6 Å². The van der Waals surface area contributed by atoms with Gasteiger partial charge in [-0.15, -0.1) is 0 Å². The molecule has 20 heavy (non-hydrogen) atoms. The maximum Gasteiger partial charge on any atom is 0.249 e.